The molecule has 8 nitrogen and oxygen atoms in total. The fourth-order valence-corrected chi connectivity index (χ4v) is 6.00. The van der Waals surface area contributed by atoms with Crippen LogP contribution in [-0.2, 0) is 4.79 Å². The summed E-state index contributed by atoms with van der Waals surface area (Å²) in [6.07, 6.45) is 3.62. The molecular weight excluding hydrogens is 528 g/mol. The van der Waals surface area contributed by atoms with Crippen molar-refractivity contribution in [1.29, 1.82) is 0 Å². The van der Waals surface area contributed by atoms with Gasteiger partial charge in [-0.05, 0) is 62.0 Å². The number of anilines is 2. The molecule has 1 aliphatic heterocycles. The van der Waals surface area contributed by atoms with Gasteiger partial charge in [-0.15, -0.1) is 11.3 Å². The first-order valence-corrected chi connectivity index (χ1v) is 14.0. The second kappa shape index (κ2) is 10.4. The molecule has 0 bridgehead atoms. The van der Waals surface area contributed by atoms with E-state index in [1.165, 1.54) is 0 Å². The Hall–Kier alpha value is -3.76. The maximum Gasteiger partial charge on any atom is 0.229 e. The molecule has 2 unspecified atom stereocenters. The van der Waals surface area contributed by atoms with Crippen molar-refractivity contribution >= 4 is 45.9 Å². The van der Waals surface area contributed by atoms with E-state index in [1.807, 2.05) is 68.7 Å². The van der Waals surface area contributed by atoms with Gasteiger partial charge in [0.2, 0.25) is 5.91 Å². The molecule has 0 spiro atoms. The van der Waals surface area contributed by atoms with Crippen LogP contribution in [-0.4, -0.2) is 32.7 Å². The zero-order valence-corrected chi connectivity index (χ0v) is 24.5. The van der Waals surface area contributed by atoms with E-state index in [0.717, 1.165) is 33.5 Å². The molecule has 1 fully saturated rings. The zero-order chi connectivity index (χ0) is 27.9. The first-order chi connectivity index (χ1) is 18.6. The summed E-state index contributed by atoms with van der Waals surface area (Å²) < 4.78 is 7.90. The van der Waals surface area contributed by atoms with E-state index in [2.05, 4.69) is 50.0 Å². The highest BCUT2D eigenvalue weighted by Gasteiger charge is 2.42. The lowest BCUT2D eigenvalue weighted by molar-refractivity contribution is -0.123. The number of hydrogen-bond acceptors (Lipinski definition) is 6. The number of carbonyl (C=O) groups excluding carboxylic acids is 1. The monoisotopic (exact) mass is 560 g/mol. The second-order valence-corrected chi connectivity index (χ2v) is 11.8. The zero-order valence-electron chi connectivity index (χ0n) is 22.9. The number of thiocarbonyl (C=S) groups is 1. The number of methoxy groups -OCH3 is 1. The van der Waals surface area contributed by atoms with Crippen LogP contribution in [0.1, 0.15) is 55.5 Å². The van der Waals surface area contributed by atoms with Crippen LogP contribution in [0.25, 0.3) is 5.13 Å². The van der Waals surface area contributed by atoms with E-state index in [-0.39, 0.29) is 18.0 Å². The molecule has 0 saturated carbocycles. The fraction of sp³-hybridized carbons (Fsp3) is 0.310. The average molecular weight is 561 g/mol. The number of thiazole rings is 1. The van der Waals surface area contributed by atoms with E-state index in [9.17, 15) is 4.79 Å². The minimum absolute atomic E-state index is 0.0883. The van der Waals surface area contributed by atoms with Crippen LogP contribution in [0.2, 0.25) is 0 Å². The van der Waals surface area contributed by atoms with Crippen LogP contribution in [0.4, 0.5) is 11.4 Å². The molecule has 4 aromatic rings. The van der Waals surface area contributed by atoms with Crippen LogP contribution in [0.3, 0.4) is 0 Å². The Balaban J connectivity index is 1.62. The summed E-state index contributed by atoms with van der Waals surface area (Å²) in [6, 6.07) is 13.5. The third kappa shape index (κ3) is 5.02. The molecule has 5 rings (SSSR count). The lowest BCUT2D eigenvalue weighted by atomic mass is 9.95. The van der Waals surface area contributed by atoms with E-state index in [4.69, 9.17) is 17.0 Å². The smallest absolute Gasteiger partial charge is 0.229 e. The molecule has 10 heteroatoms. The van der Waals surface area contributed by atoms with Gasteiger partial charge in [0.1, 0.15) is 5.75 Å². The van der Waals surface area contributed by atoms with Gasteiger partial charge in [0.25, 0.3) is 0 Å². The Morgan fingerprint density at radius 1 is 1.13 bits per heavy atom. The summed E-state index contributed by atoms with van der Waals surface area (Å²) >= 11 is 7.53. The van der Waals surface area contributed by atoms with Crippen LogP contribution in [0, 0.1) is 19.3 Å². The van der Waals surface area contributed by atoms with Gasteiger partial charge in [-0.2, -0.15) is 0 Å². The molecule has 4 heterocycles. The Morgan fingerprint density at radius 2 is 1.92 bits per heavy atom. The molecular formula is C29H32N6O2S2. The second-order valence-electron chi connectivity index (χ2n) is 10.6. The van der Waals surface area contributed by atoms with Gasteiger partial charge in [0.15, 0.2) is 10.2 Å². The molecule has 3 aromatic heterocycles. The van der Waals surface area contributed by atoms with E-state index >= 15 is 0 Å². The van der Waals surface area contributed by atoms with Crippen molar-refractivity contribution in [2.24, 2.45) is 5.41 Å². The highest BCUT2D eigenvalue weighted by atomic mass is 32.1. The van der Waals surface area contributed by atoms with Crippen molar-refractivity contribution < 1.29 is 9.53 Å². The molecule has 39 heavy (non-hydrogen) atoms. The quantitative estimate of drug-likeness (QED) is 0.275. The highest BCUT2D eigenvalue weighted by Crippen LogP contribution is 2.45. The lowest BCUT2D eigenvalue weighted by Crippen LogP contribution is -2.30. The van der Waals surface area contributed by atoms with Crippen LogP contribution < -0.4 is 20.3 Å². The van der Waals surface area contributed by atoms with Crippen molar-refractivity contribution in [3.8, 4) is 10.9 Å². The summed E-state index contributed by atoms with van der Waals surface area (Å²) in [5.41, 5.74) is 5.12. The summed E-state index contributed by atoms with van der Waals surface area (Å²) in [4.78, 5) is 24.0. The topological polar surface area (TPSA) is 84.3 Å². The Labute approximate surface area is 238 Å². The molecule has 0 radical (unpaired) electrons. The minimum Gasteiger partial charge on any atom is -0.494 e. The van der Waals surface area contributed by atoms with Gasteiger partial charge >= 0.3 is 0 Å². The predicted molar refractivity (Wildman–Crippen MR) is 160 cm³/mol. The molecule has 0 aliphatic carbocycles. The normalized spacial score (nSPS) is 17.3. The number of carbonyl (C=O) groups is 1. The molecule has 1 amide bonds. The van der Waals surface area contributed by atoms with Crippen molar-refractivity contribution in [3.05, 3.63) is 82.9 Å². The van der Waals surface area contributed by atoms with Crippen LogP contribution in [0.15, 0.2) is 60.2 Å². The SMILES string of the molecule is COc1cc(N2C(=S)NC(c3ccccn3)C2c2cc(C)n(-c3nccs3)c2C)ccc1NC(=O)C(C)(C)C. The molecule has 202 valence electrons. The van der Waals surface area contributed by atoms with Crippen molar-refractivity contribution in [1.82, 2.24) is 19.9 Å². The molecule has 2 N–H and O–H groups in total. The Morgan fingerprint density at radius 3 is 2.56 bits per heavy atom. The maximum atomic E-state index is 12.7. The minimum atomic E-state index is -0.537. The number of aryl methyl sites for hydroxylation is 1. The maximum absolute atomic E-state index is 12.7. The van der Waals surface area contributed by atoms with E-state index in [0.29, 0.717) is 16.5 Å². The van der Waals surface area contributed by atoms with Gasteiger partial charge in [0, 0.05) is 46.3 Å². The van der Waals surface area contributed by atoms with E-state index < -0.39 is 5.41 Å². The lowest BCUT2D eigenvalue weighted by Gasteiger charge is -2.29. The van der Waals surface area contributed by atoms with Gasteiger partial charge in [-0.1, -0.05) is 26.8 Å². The average Bonchev–Trinajstić information content (AvgIpc) is 3.62. The van der Waals surface area contributed by atoms with Gasteiger partial charge in [-0.25, -0.2) is 4.98 Å². The third-order valence-corrected chi connectivity index (χ3v) is 7.96. The third-order valence-electron chi connectivity index (χ3n) is 6.89. The summed E-state index contributed by atoms with van der Waals surface area (Å²) in [5.74, 6) is 0.468. The molecule has 2 atom stereocenters. The number of amides is 1. The van der Waals surface area contributed by atoms with Gasteiger partial charge in [-0.3, -0.25) is 14.3 Å². The summed E-state index contributed by atoms with van der Waals surface area (Å²) in [5, 5.41) is 10.0. The van der Waals surface area contributed by atoms with Crippen LogP contribution in [0.5, 0.6) is 5.75 Å². The summed E-state index contributed by atoms with van der Waals surface area (Å²) in [7, 11) is 1.60. The van der Waals surface area contributed by atoms with Gasteiger partial charge in [0.05, 0.1) is 30.6 Å². The summed E-state index contributed by atoms with van der Waals surface area (Å²) in [6.45, 7) is 9.84. The number of pyridine rings is 1. The Kier molecular flexibility index (Phi) is 7.17. The number of benzene rings is 1. The number of rotatable bonds is 6. The number of hydrogen-bond donors (Lipinski definition) is 2. The molecule has 1 saturated heterocycles. The van der Waals surface area contributed by atoms with Crippen molar-refractivity contribution in [2.75, 3.05) is 17.3 Å². The molecule has 1 aromatic carbocycles. The van der Waals surface area contributed by atoms with Crippen molar-refractivity contribution in [2.45, 2.75) is 46.7 Å². The predicted octanol–water partition coefficient (Wildman–Crippen LogP) is 6.12. The standard InChI is InChI=1S/C29H32N6O2S2/c1-17-15-20(18(2)34(17)28-31-13-14-39-28)25-24(22-9-7-8-12-30-22)33-27(38)35(25)19-10-11-21(23(16-19)37-6)32-26(36)29(3,4)5/h7-16,24-25H,1-6H3,(H,32,36)(H,33,38). The Bertz CT molecular complexity index is 1510. The van der Waals surface area contributed by atoms with E-state index in [1.54, 1.807) is 24.6 Å². The highest BCUT2D eigenvalue weighted by molar-refractivity contribution is 7.80. The number of aromatic nitrogens is 3. The fourth-order valence-electron chi connectivity index (χ4n) is 4.90. The largest absolute Gasteiger partial charge is 0.494 e. The van der Waals surface area contributed by atoms with Crippen LogP contribution >= 0.6 is 23.6 Å². The first kappa shape index (κ1) is 26.8. The molecule has 1 aliphatic rings. The number of ether oxygens (including phenoxy) is 1. The first-order valence-electron chi connectivity index (χ1n) is 12.7. The van der Waals surface area contributed by atoms with Gasteiger partial charge < -0.3 is 20.3 Å². The number of nitrogens with one attached hydrogen (secondary N) is 2. The number of nitrogens with zero attached hydrogens (tertiary/aromatic N) is 4. The van der Waals surface area contributed by atoms with Crippen molar-refractivity contribution in [3.63, 3.8) is 0 Å².